The number of nitrogens with zero attached hydrogens (tertiary/aromatic N) is 1. The minimum Gasteiger partial charge on any atom is -0.370 e. The highest BCUT2D eigenvalue weighted by Gasteiger charge is 1.99. The predicted octanol–water partition coefficient (Wildman–Crippen LogP) is 4.34. The number of anilines is 2. The smallest absolute Gasteiger partial charge is 0.128 e. The van der Waals surface area contributed by atoms with E-state index in [2.05, 4.69) is 50.6 Å². The maximum Gasteiger partial charge on any atom is 0.128 e. The Morgan fingerprint density at radius 3 is 2.61 bits per heavy atom. The molecule has 0 bridgehead atoms. The first-order valence-corrected chi connectivity index (χ1v) is 7.58. The van der Waals surface area contributed by atoms with E-state index in [1.165, 1.54) is 4.88 Å². The van der Waals surface area contributed by atoms with Crippen LogP contribution in [-0.4, -0.2) is 11.5 Å². The van der Waals surface area contributed by atoms with Gasteiger partial charge in [-0.3, -0.25) is 0 Å². The third kappa shape index (κ3) is 3.99. The van der Waals surface area contributed by atoms with E-state index in [1.807, 2.05) is 18.2 Å². The lowest BCUT2D eigenvalue weighted by Crippen LogP contribution is -2.04. The molecule has 0 atom stereocenters. The molecule has 0 saturated heterocycles. The first-order chi connectivity index (χ1) is 8.78. The molecule has 0 aromatic carbocycles. The molecule has 0 aliphatic heterocycles. The van der Waals surface area contributed by atoms with Crippen molar-refractivity contribution in [2.24, 2.45) is 0 Å². The van der Waals surface area contributed by atoms with Crippen LogP contribution in [0.3, 0.4) is 0 Å². The maximum absolute atomic E-state index is 4.50. The first kappa shape index (κ1) is 13.4. The summed E-state index contributed by atoms with van der Waals surface area (Å²) in [5.74, 6) is 1.83. The number of hydrogen-bond donors (Lipinski definition) is 2. The number of rotatable bonds is 6. The number of nitrogens with one attached hydrogen (secondary N) is 2. The highest BCUT2D eigenvalue weighted by molar-refractivity contribution is 9.11. The normalized spacial score (nSPS) is 10.3. The molecule has 2 heterocycles. The van der Waals surface area contributed by atoms with Crippen LogP contribution in [0.1, 0.15) is 18.2 Å². The van der Waals surface area contributed by atoms with Crippen LogP contribution < -0.4 is 10.6 Å². The number of aromatic nitrogens is 1. The average Bonchev–Trinajstić information content (AvgIpc) is 2.80. The van der Waals surface area contributed by atoms with Crippen molar-refractivity contribution in [2.75, 3.05) is 17.2 Å². The number of hydrogen-bond acceptors (Lipinski definition) is 4. The Bertz CT molecular complexity index is 498. The molecule has 0 aliphatic rings. The van der Waals surface area contributed by atoms with Gasteiger partial charge in [0.2, 0.25) is 0 Å². The average molecular weight is 326 g/mol. The molecular formula is C13H16BrN3S. The monoisotopic (exact) mass is 325 g/mol. The second kappa shape index (κ2) is 6.75. The van der Waals surface area contributed by atoms with E-state index >= 15 is 0 Å². The molecule has 3 nitrogen and oxygen atoms in total. The van der Waals surface area contributed by atoms with E-state index in [9.17, 15) is 0 Å². The van der Waals surface area contributed by atoms with Crippen LogP contribution in [0, 0.1) is 0 Å². The molecule has 96 valence electrons. The lowest BCUT2D eigenvalue weighted by Gasteiger charge is -2.07. The number of thiophene rings is 1. The van der Waals surface area contributed by atoms with Gasteiger partial charge in [-0.05, 0) is 46.6 Å². The van der Waals surface area contributed by atoms with E-state index in [0.29, 0.717) is 0 Å². The molecule has 2 aromatic rings. The van der Waals surface area contributed by atoms with E-state index in [1.54, 1.807) is 11.3 Å². The zero-order valence-corrected chi connectivity index (χ0v) is 12.6. The fourth-order valence-corrected chi connectivity index (χ4v) is 2.93. The molecule has 2 aromatic heterocycles. The summed E-state index contributed by atoms with van der Waals surface area (Å²) >= 11 is 5.20. The van der Waals surface area contributed by atoms with E-state index < -0.39 is 0 Å². The van der Waals surface area contributed by atoms with E-state index in [0.717, 1.165) is 34.9 Å². The minimum atomic E-state index is 0.806. The fraction of sp³-hybridized carbons (Fsp3) is 0.308. The second-order valence-corrected chi connectivity index (χ2v) is 6.44. The lowest BCUT2D eigenvalue weighted by atomic mass is 10.4. The van der Waals surface area contributed by atoms with Gasteiger partial charge in [-0.25, -0.2) is 4.98 Å². The Kier molecular flexibility index (Phi) is 5.01. The predicted molar refractivity (Wildman–Crippen MR) is 82.4 cm³/mol. The summed E-state index contributed by atoms with van der Waals surface area (Å²) < 4.78 is 1.16. The van der Waals surface area contributed by atoms with Gasteiger partial charge in [-0.15, -0.1) is 11.3 Å². The molecule has 0 unspecified atom stereocenters. The Morgan fingerprint density at radius 2 is 1.94 bits per heavy atom. The summed E-state index contributed by atoms with van der Waals surface area (Å²) in [4.78, 5) is 5.79. The van der Waals surface area contributed by atoms with Gasteiger partial charge in [0.05, 0.1) is 10.3 Å². The van der Waals surface area contributed by atoms with Crippen LogP contribution in [0.5, 0.6) is 0 Å². The van der Waals surface area contributed by atoms with Crippen LogP contribution >= 0.6 is 27.3 Å². The molecule has 0 spiro atoms. The molecule has 18 heavy (non-hydrogen) atoms. The quantitative estimate of drug-likeness (QED) is 0.829. The van der Waals surface area contributed by atoms with E-state index in [-0.39, 0.29) is 0 Å². The van der Waals surface area contributed by atoms with Gasteiger partial charge >= 0.3 is 0 Å². The summed E-state index contributed by atoms with van der Waals surface area (Å²) in [7, 11) is 0. The van der Waals surface area contributed by atoms with Crippen molar-refractivity contribution in [1.82, 2.24) is 4.98 Å². The van der Waals surface area contributed by atoms with Crippen LogP contribution in [0.25, 0.3) is 0 Å². The first-order valence-electron chi connectivity index (χ1n) is 5.97. The summed E-state index contributed by atoms with van der Waals surface area (Å²) in [6.07, 6.45) is 1.10. The fourth-order valence-electron chi connectivity index (χ4n) is 1.51. The van der Waals surface area contributed by atoms with Crippen molar-refractivity contribution in [2.45, 2.75) is 19.9 Å². The molecule has 0 aliphatic carbocycles. The van der Waals surface area contributed by atoms with Crippen LogP contribution in [0.15, 0.2) is 34.1 Å². The number of pyridine rings is 1. The summed E-state index contributed by atoms with van der Waals surface area (Å²) in [5.41, 5.74) is 0. The summed E-state index contributed by atoms with van der Waals surface area (Å²) in [5, 5.41) is 6.61. The molecule has 2 N–H and O–H groups in total. The molecule has 0 saturated carbocycles. The minimum absolute atomic E-state index is 0.806. The third-order valence-corrected chi connectivity index (χ3v) is 4.00. The van der Waals surface area contributed by atoms with E-state index in [4.69, 9.17) is 0 Å². The highest BCUT2D eigenvalue weighted by Crippen LogP contribution is 2.22. The Morgan fingerprint density at radius 1 is 1.17 bits per heavy atom. The molecular weight excluding hydrogens is 310 g/mol. The third-order valence-electron chi connectivity index (χ3n) is 2.38. The van der Waals surface area contributed by atoms with Crippen molar-refractivity contribution < 1.29 is 0 Å². The molecule has 0 fully saturated rings. The van der Waals surface area contributed by atoms with Gasteiger partial charge < -0.3 is 10.6 Å². The van der Waals surface area contributed by atoms with Crippen LogP contribution in [0.2, 0.25) is 0 Å². The largest absolute Gasteiger partial charge is 0.370 e. The van der Waals surface area contributed by atoms with Crippen LogP contribution in [0.4, 0.5) is 11.6 Å². The van der Waals surface area contributed by atoms with Gasteiger partial charge in [0.1, 0.15) is 11.6 Å². The van der Waals surface area contributed by atoms with Gasteiger partial charge in [-0.2, -0.15) is 0 Å². The van der Waals surface area contributed by atoms with Gasteiger partial charge in [0.25, 0.3) is 0 Å². The van der Waals surface area contributed by atoms with Crippen molar-refractivity contribution in [3.05, 3.63) is 39.0 Å². The molecule has 5 heteroatoms. The zero-order valence-electron chi connectivity index (χ0n) is 10.2. The van der Waals surface area contributed by atoms with Crippen molar-refractivity contribution in [3.8, 4) is 0 Å². The van der Waals surface area contributed by atoms with Crippen molar-refractivity contribution >= 4 is 38.9 Å². The van der Waals surface area contributed by atoms with Crippen molar-refractivity contribution in [3.63, 3.8) is 0 Å². The summed E-state index contributed by atoms with van der Waals surface area (Å²) in [6.45, 7) is 3.90. The van der Waals surface area contributed by atoms with Gasteiger partial charge in [-0.1, -0.05) is 13.0 Å². The summed E-state index contributed by atoms with van der Waals surface area (Å²) in [6, 6.07) is 10.2. The topological polar surface area (TPSA) is 37.0 Å². The SMILES string of the molecule is CCCNc1cccc(NCc2ccc(Br)s2)n1. The molecule has 0 radical (unpaired) electrons. The highest BCUT2D eigenvalue weighted by atomic mass is 79.9. The zero-order chi connectivity index (χ0) is 12.8. The van der Waals surface area contributed by atoms with Gasteiger partial charge in [0, 0.05) is 11.4 Å². The molecule has 0 amide bonds. The number of halogens is 1. The van der Waals surface area contributed by atoms with Crippen LogP contribution in [-0.2, 0) is 6.54 Å². The maximum atomic E-state index is 4.50. The Labute approximate surface area is 120 Å². The molecule has 2 rings (SSSR count). The van der Waals surface area contributed by atoms with Gasteiger partial charge in [0.15, 0.2) is 0 Å². The second-order valence-electron chi connectivity index (χ2n) is 3.89. The Balaban J connectivity index is 1.92. The van der Waals surface area contributed by atoms with Crippen molar-refractivity contribution in [1.29, 1.82) is 0 Å². The lowest BCUT2D eigenvalue weighted by molar-refractivity contribution is 0.968. The standard InChI is InChI=1S/C13H16BrN3S/c1-2-8-15-12-4-3-5-13(17-12)16-9-10-6-7-11(14)18-10/h3-7H,2,8-9H2,1H3,(H2,15,16,17). The Hall–Kier alpha value is -1.07.